The first-order chi connectivity index (χ1) is 9.69. The van der Waals surface area contributed by atoms with Crippen LogP contribution < -0.4 is 0 Å². The van der Waals surface area contributed by atoms with E-state index in [0.29, 0.717) is 6.61 Å². The molecule has 1 unspecified atom stereocenters. The van der Waals surface area contributed by atoms with Gasteiger partial charge in [-0.3, -0.25) is 4.90 Å². The van der Waals surface area contributed by atoms with Gasteiger partial charge >= 0.3 is 5.97 Å². The molecule has 0 N–H and O–H groups in total. The van der Waals surface area contributed by atoms with Crippen molar-refractivity contribution in [3.63, 3.8) is 0 Å². The van der Waals surface area contributed by atoms with Crippen molar-refractivity contribution in [2.75, 3.05) is 31.2 Å². The van der Waals surface area contributed by atoms with E-state index in [1.807, 2.05) is 43.1 Å². The minimum absolute atomic E-state index is 0.118. The standard InChI is InChI=1S/C15H23NO2S2/c1-3-18-14(17)15(2,13-7-6-11-20-13)16-8-4-5-10-19-12-9-16/h6-7,11H,3-5,8-10,12H2,1-2H3. The van der Waals surface area contributed by atoms with Crippen molar-refractivity contribution in [3.8, 4) is 0 Å². The lowest BCUT2D eigenvalue weighted by Crippen LogP contribution is -2.51. The maximum Gasteiger partial charge on any atom is 0.331 e. The Kier molecular flexibility index (Phi) is 5.93. The van der Waals surface area contributed by atoms with Crippen LogP contribution in [0.1, 0.15) is 31.6 Å². The second kappa shape index (κ2) is 7.48. The summed E-state index contributed by atoms with van der Waals surface area (Å²) in [6.45, 7) is 6.23. The fourth-order valence-electron chi connectivity index (χ4n) is 2.56. The van der Waals surface area contributed by atoms with E-state index in [-0.39, 0.29) is 5.97 Å². The Hall–Kier alpha value is -0.520. The van der Waals surface area contributed by atoms with Gasteiger partial charge < -0.3 is 4.74 Å². The quantitative estimate of drug-likeness (QED) is 0.797. The predicted molar refractivity (Wildman–Crippen MR) is 86.4 cm³/mol. The maximum absolute atomic E-state index is 12.6. The van der Waals surface area contributed by atoms with Crippen LogP contribution in [0, 0.1) is 0 Å². The highest BCUT2D eigenvalue weighted by Gasteiger charge is 2.43. The van der Waals surface area contributed by atoms with Crippen molar-refractivity contribution >= 4 is 29.1 Å². The molecule has 112 valence electrons. The molecule has 0 aromatic carbocycles. The SMILES string of the molecule is CCOC(=O)C(C)(c1cccs1)N1CCCCSCC1. The smallest absolute Gasteiger partial charge is 0.331 e. The summed E-state index contributed by atoms with van der Waals surface area (Å²) in [5.41, 5.74) is -0.637. The highest BCUT2D eigenvalue weighted by Crippen LogP contribution is 2.34. The Balaban J connectivity index is 2.27. The van der Waals surface area contributed by atoms with Gasteiger partial charge in [-0.2, -0.15) is 11.8 Å². The maximum atomic E-state index is 12.6. The molecule has 0 aliphatic carbocycles. The predicted octanol–water partition coefficient (Wildman–Crippen LogP) is 3.36. The third kappa shape index (κ3) is 3.38. The topological polar surface area (TPSA) is 29.5 Å². The highest BCUT2D eigenvalue weighted by atomic mass is 32.2. The fraction of sp³-hybridized carbons (Fsp3) is 0.667. The molecule has 0 bridgehead atoms. The van der Waals surface area contributed by atoms with Gasteiger partial charge in [0.2, 0.25) is 0 Å². The average Bonchev–Trinajstić information content (AvgIpc) is 2.92. The van der Waals surface area contributed by atoms with Gasteiger partial charge in [-0.1, -0.05) is 6.07 Å². The van der Waals surface area contributed by atoms with Gasteiger partial charge in [-0.25, -0.2) is 4.79 Å². The Morgan fingerprint density at radius 3 is 2.95 bits per heavy atom. The minimum atomic E-state index is -0.637. The molecule has 0 spiro atoms. The summed E-state index contributed by atoms with van der Waals surface area (Å²) in [4.78, 5) is 16.0. The van der Waals surface area contributed by atoms with E-state index in [1.165, 1.54) is 12.2 Å². The zero-order chi connectivity index (χ0) is 14.4. The van der Waals surface area contributed by atoms with Crippen LogP contribution in [0.15, 0.2) is 17.5 Å². The summed E-state index contributed by atoms with van der Waals surface area (Å²) >= 11 is 3.62. The molecule has 0 radical (unpaired) electrons. The lowest BCUT2D eigenvalue weighted by atomic mass is 9.97. The van der Waals surface area contributed by atoms with Crippen molar-refractivity contribution in [1.82, 2.24) is 4.90 Å². The molecule has 2 rings (SSSR count). The van der Waals surface area contributed by atoms with Crippen LogP contribution in [0.2, 0.25) is 0 Å². The summed E-state index contributed by atoms with van der Waals surface area (Å²) < 4.78 is 5.38. The number of carbonyl (C=O) groups is 1. The largest absolute Gasteiger partial charge is 0.464 e. The van der Waals surface area contributed by atoms with E-state index in [2.05, 4.69) is 4.90 Å². The van der Waals surface area contributed by atoms with Crippen LogP contribution in [0.25, 0.3) is 0 Å². The molecule has 0 amide bonds. The van der Waals surface area contributed by atoms with Gasteiger partial charge in [-0.05, 0) is 50.4 Å². The molecule has 20 heavy (non-hydrogen) atoms. The number of carbonyl (C=O) groups excluding carboxylic acids is 1. The van der Waals surface area contributed by atoms with Gasteiger partial charge in [0.15, 0.2) is 5.54 Å². The normalized spacial score (nSPS) is 20.7. The van der Waals surface area contributed by atoms with E-state index in [4.69, 9.17) is 4.74 Å². The number of thiophene rings is 1. The Bertz CT molecular complexity index is 414. The number of nitrogens with zero attached hydrogens (tertiary/aromatic N) is 1. The third-order valence-corrected chi connectivity index (χ3v) is 5.91. The van der Waals surface area contributed by atoms with Crippen LogP contribution >= 0.6 is 23.1 Å². The first kappa shape index (κ1) is 15.9. The van der Waals surface area contributed by atoms with E-state index in [1.54, 1.807) is 11.3 Å². The van der Waals surface area contributed by atoms with E-state index in [9.17, 15) is 4.79 Å². The number of rotatable bonds is 4. The highest BCUT2D eigenvalue weighted by molar-refractivity contribution is 7.99. The molecular formula is C15H23NO2S2. The van der Waals surface area contributed by atoms with Gasteiger partial charge in [0, 0.05) is 17.2 Å². The van der Waals surface area contributed by atoms with Crippen molar-refractivity contribution < 1.29 is 9.53 Å². The summed E-state index contributed by atoms with van der Waals surface area (Å²) in [7, 11) is 0. The molecule has 0 saturated carbocycles. The molecule has 2 heterocycles. The third-order valence-electron chi connectivity index (χ3n) is 3.78. The van der Waals surface area contributed by atoms with Gasteiger partial charge in [-0.15, -0.1) is 11.3 Å². The molecule has 1 aromatic rings. The number of ether oxygens (including phenoxy) is 1. The zero-order valence-corrected chi connectivity index (χ0v) is 13.9. The molecule has 1 atom stereocenters. The van der Waals surface area contributed by atoms with Crippen LogP contribution in [-0.4, -0.2) is 42.1 Å². The lowest BCUT2D eigenvalue weighted by Gasteiger charge is -2.39. The Morgan fingerprint density at radius 2 is 2.25 bits per heavy atom. The van der Waals surface area contributed by atoms with Crippen LogP contribution in [-0.2, 0) is 15.1 Å². The summed E-state index contributed by atoms with van der Waals surface area (Å²) in [5.74, 6) is 2.21. The van der Waals surface area contributed by atoms with E-state index < -0.39 is 5.54 Å². The molecule has 1 fully saturated rings. The van der Waals surface area contributed by atoms with Crippen molar-refractivity contribution in [2.24, 2.45) is 0 Å². The molecule has 1 aromatic heterocycles. The molecule has 1 aliphatic heterocycles. The Morgan fingerprint density at radius 1 is 1.40 bits per heavy atom. The van der Waals surface area contributed by atoms with E-state index in [0.717, 1.165) is 30.1 Å². The van der Waals surface area contributed by atoms with E-state index >= 15 is 0 Å². The summed E-state index contributed by atoms with van der Waals surface area (Å²) in [5, 5.41) is 2.03. The van der Waals surface area contributed by atoms with Crippen molar-refractivity contribution in [2.45, 2.75) is 32.2 Å². The van der Waals surface area contributed by atoms with Gasteiger partial charge in [0.25, 0.3) is 0 Å². The number of thioether (sulfide) groups is 1. The number of hydrogen-bond acceptors (Lipinski definition) is 5. The second-order valence-electron chi connectivity index (χ2n) is 5.08. The van der Waals surface area contributed by atoms with Gasteiger partial charge in [0.1, 0.15) is 0 Å². The summed E-state index contributed by atoms with van der Waals surface area (Å²) in [6.07, 6.45) is 2.37. The number of esters is 1. The first-order valence-corrected chi connectivity index (χ1v) is 9.27. The van der Waals surface area contributed by atoms with Crippen molar-refractivity contribution in [1.29, 1.82) is 0 Å². The second-order valence-corrected chi connectivity index (χ2v) is 7.25. The van der Waals surface area contributed by atoms with Gasteiger partial charge in [0.05, 0.1) is 6.61 Å². The average molecular weight is 313 g/mol. The lowest BCUT2D eigenvalue weighted by molar-refractivity contribution is -0.157. The fourth-order valence-corrected chi connectivity index (χ4v) is 4.42. The molecule has 5 heteroatoms. The Labute approximate surface area is 129 Å². The van der Waals surface area contributed by atoms with Crippen LogP contribution in [0.3, 0.4) is 0 Å². The molecule has 1 saturated heterocycles. The monoisotopic (exact) mass is 313 g/mol. The summed E-state index contributed by atoms with van der Waals surface area (Å²) in [6, 6.07) is 4.06. The molecule has 3 nitrogen and oxygen atoms in total. The minimum Gasteiger partial charge on any atom is -0.464 e. The van der Waals surface area contributed by atoms with Crippen LogP contribution in [0.4, 0.5) is 0 Å². The van der Waals surface area contributed by atoms with Crippen molar-refractivity contribution in [3.05, 3.63) is 22.4 Å². The first-order valence-electron chi connectivity index (χ1n) is 7.23. The zero-order valence-electron chi connectivity index (χ0n) is 12.3. The molecular weight excluding hydrogens is 290 g/mol. The van der Waals surface area contributed by atoms with Crippen LogP contribution in [0.5, 0.6) is 0 Å². The molecule has 1 aliphatic rings. The number of hydrogen-bond donors (Lipinski definition) is 0.